The first-order valence-electron chi connectivity index (χ1n) is 8.88. The van der Waals surface area contributed by atoms with Gasteiger partial charge in [-0.2, -0.15) is 0 Å². The zero-order chi connectivity index (χ0) is 20.4. The molecule has 0 spiro atoms. The predicted molar refractivity (Wildman–Crippen MR) is 106 cm³/mol. The first-order valence-corrected chi connectivity index (χ1v) is 8.88. The second kappa shape index (κ2) is 7.67. The zero-order valence-electron chi connectivity index (χ0n) is 15.2. The number of nitrogens with one attached hydrogen (secondary N) is 2. The number of hydrogen-bond donors (Lipinski definition) is 3. The molecule has 146 valence electrons. The molecule has 0 radical (unpaired) electrons. The number of pyridine rings is 2. The van der Waals surface area contributed by atoms with E-state index >= 15 is 0 Å². The monoisotopic (exact) mass is 393 g/mol. The molecule has 4 N–H and O–H groups in total. The first kappa shape index (κ1) is 18.5. The Hall–Kier alpha value is -3.81. The van der Waals surface area contributed by atoms with Gasteiger partial charge in [0, 0.05) is 53.4 Å². The van der Waals surface area contributed by atoms with Crippen molar-refractivity contribution in [1.82, 2.24) is 15.0 Å². The van der Waals surface area contributed by atoms with Crippen molar-refractivity contribution in [2.75, 3.05) is 5.32 Å². The highest BCUT2D eigenvalue weighted by Crippen LogP contribution is 2.29. The standard InChI is InChI=1S/C21H17F2N5O/c22-14-4-12(5-15(23)7-14)9-26-18-8-19(27-10-13(18)6-20(24)29)17-11-28-21-16(17)2-1-3-25-21/h1-5,7-8,10-11H,6,9H2,(H2,24,29)(H,25,28)(H,26,27). The van der Waals surface area contributed by atoms with Crippen molar-refractivity contribution in [2.24, 2.45) is 5.73 Å². The third-order valence-corrected chi connectivity index (χ3v) is 4.48. The average Bonchev–Trinajstić information content (AvgIpc) is 3.10. The molecule has 0 saturated carbocycles. The van der Waals surface area contributed by atoms with E-state index in [0.717, 1.165) is 22.7 Å². The summed E-state index contributed by atoms with van der Waals surface area (Å²) in [6.45, 7) is 0.166. The molecule has 0 aliphatic carbocycles. The molecule has 8 heteroatoms. The van der Waals surface area contributed by atoms with Crippen molar-refractivity contribution in [3.05, 3.63) is 77.8 Å². The van der Waals surface area contributed by atoms with E-state index in [1.807, 2.05) is 12.1 Å². The number of anilines is 1. The van der Waals surface area contributed by atoms with Crippen molar-refractivity contribution in [3.8, 4) is 11.3 Å². The van der Waals surface area contributed by atoms with Crippen molar-refractivity contribution >= 4 is 22.6 Å². The molecular weight excluding hydrogens is 376 g/mol. The Labute approximate surface area is 164 Å². The molecule has 4 aromatic rings. The summed E-state index contributed by atoms with van der Waals surface area (Å²) in [5, 5.41) is 4.04. The molecule has 0 atom stereocenters. The SMILES string of the molecule is NC(=O)Cc1cnc(-c2c[nH]c3ncccc23)cc1NCc1cc(F)cc(F)c1. The van der Waals surface area contributed by atoms with E-state index in [1.165, 1.54) is 12.1 Å². The largest absolute Gasteiger partial charge is 0.381 e. The number of rotatable bonds is 6. The second-order valence-electron chi connectivity index (χ2n) is 6.60. The molecule has 0 bridgehead atoms. The minimum atomic E-state index is -0.652. The van der Waals surface area contributed by atoms with Crippen LogP contribution in [0.25, 0.3) is 22.3 Å². The van der Waals surface area contributed by atoms with Crippen molar-refractivity contribution in [2.45, 2.75) is 13.0 Å². The van der Waals surface area contributed by atoms with Crippen molar-refractivity contribution < 1.29 is 13.6 Å². The Bertz CT molecular complexity index is 1180. The number of amides is 1. The lowest BCUT2D eigenvalue weighted by atomic mass is 10.1. The van der Waals surface area contributed by atoms with Crippen LogP contribution in [0.15, 0.2) is 55.0 Å². The minimum Gasteiger partial charge on any atom is -0.381 e. The Morgan fingerprint density at radius 2 is 1.93 bits per heavy atom. The van der Waals surface area contributed by atoms with Crippen molar-refractivity contribution in [3.63, 3.8) is 0 Å². The van der Waals surface area contributed by atoms with E-state index in [9.17, 15) is 13.6 Å². The summed E-state index contributed by atoms with van der Waals surface area (Å²) >= 11 is 0. The maximum absolute atomic E-state index is 13.5. The maximum Gasteiger partial charge on any atom is 0.221 e. The lowest BCUT2D eigenvalue weighted by Crippen LogP contribution is -2.15. The molecule has 0 unspecified atom stereocenters. The van der Waals surface area contributed by atoms with Gasteiger partial charge in [-0.25, -0.2) is 13.8 Å². The quantitative estimate of drug-likeness (QED) is 0.467. The van der Waals surface area contributed by atoms with Crippen LogP contribution in [0.4, 0.5) is 14.5 Å². The Balaban J connectivity index is 1.69. The summed E-state index contributed by atoms with van der Waals surface area (Å²) < 4.78 is 26.9. The Morgan fingerprint density at radius 1 is 1.14 bits per heavy atom. The van der Waals surface area contributed by atoms with Gasteiger partial charge in [-0.1, -0.05) is 0 Å². The summed E-state index contributed by atoms with van der Waals surface area (Å²) in [6.07, 6.45) is 5.06. The smallest absolute Gasteiger partial charge is 0.221 e. The fraction of sp³-hybridized carbons (Fsp3) is 0.0952. The van der Waals surface area contributed by atoms with Gasteiger partial charge in [0.1, 0.15) is 17.3 Å². The molecule has 3 aromatic heterocycles. The number of nitrogens with zero attached hydrogens (tertiary/aromatic N) is 2. The highest BCUT2D eigenvalue weighted by atomic mass is 19.1. The minimum absolute atomic E-state index is 0.0113. The number of halogens is 2. The molecule has 4 rings (SSSR count). The highest BCUT2D eigenvalue weighted by Gasteiger charge is 2.13. The van der Waals surface area contributed by atoms with E-state index in [2.05, 4.69) is 20.3 Å². The van der Waals surface area contributed by atoms with Gasteiger partial charge in [-0.3, -0.25) is 9.78 Å². The van der Waals surface area contributed by atoms with E-state index < -0.39 is 17.5 Å². The van der Waals surface area contributed by atoms with Crippen LogP contribution < -0.4 is 11.1 Å². The molecule has 0 saturated heterocycles. The molecule has 0 aliphatic heterocycles. The number of carbonyl (C=O) groups is 1. The number of aromatic nitrogens is 3. The molecule has 6 nitrogen and oxygen atoms in total. The number of benzene rings is 1. The van der Waals surface area contributed by atoms with Gasteiger partial charge < -0.3 is 16.0 Å². The molecule has 1 aromatic carbocycles. The lowest BCUT2D eigenvalue weighted by molar-refractivity contribution is -0.117. The Morgan fingerprint density at radius 3 is 2.69 bits per heavy atom. The molecule has 3 heterocycles. The second-order valence-corrected chi connectivity index (χ2v) is 6.60. The van der Waals surface area contributed by atoms with E-state index in [0.29, 0.717) is 22.5 Å². The molecule has 0 aliphatic rings. The van der Waals surface area contributed by atoms with Crippen LogP contribution in [0.1, 0.15) is 11.1 Å². The summed E-state index contributed by atoms with van der Waals surface area (Å²) in [4.78, 5) is 23.2. The summed E-state index contributed by atoms with van der Waals surface area (Å²) in [5.74, 6) is -1.81. The van der Waals surface area contributed by atoms with E-state index in [4.69, 9.17) is 5.73 Å². The van der Waals surface area contributed by atoms with Gasteiger partial charge in [-0.15, -0.1) is 0 Å². The third-order valence-electron chi connectivity index (χ3n) is 4.48. The fourth-order valence-corrected chi connectivity index (χ4v) is 3.20. The Kier molecular flexibility index (Phi) is 4.90. The van der Waals surface area contributed by atoms with Crippen molar-refractivity contribution in [1.29, 1.82) is 0 Å². The van der Waals surface area contributed by atoms with Gasteiger partial charge in [-0.05, 0) is 35.9 Å². The number of nitrogens with two attached hydrogens (primary N) is 1. The van der Waals surface area contributed by atoms with Crippen LogP contribution in [0.3, 0.4) is 0 Å². The van der Waals surface area contributed by atoms with Gasteiger partial charge >= 0.3 is 0 Å². The predicted octanol–water partition coefficient (Wildman–Crippen LogP) is 3.54. The van der Waals surface area contributed by atoms with Crippen LogP contribution in [0, 0.1) is 11.6 Å². The number of primary amides is 1. The average molecular weight is 393 g/mol. The first-order chi connectivity index (χ1) is 14.0. The van der Waals surface area contributed by atoms with Crippen LogP contribution >= 0.6 is 0 Å². The number of hydrogen-bond acceptors (Lipinski definition) is 4. The van der Waals surface area contributed by atoms with Gasteiger partial charge in [0.15, 0.2) is 0 Å². The number of carbonyl (C=O) groups excluding carboxylic acids is 1. The molecule has 1 amide bonds. The van der Waals surface area contributed by atoms with Crippen LogP contribution in [-0.2, 0) is 17.8 Å². The summed E-state index contributed by atoms with van der Waals surface area (Å²) in [7, 11) is 0. The number of aromatic amines is 1. The third kappa shape index (κ3) is 4.06. The number of fused-ring (bicyclic) bond motifs is 1. The topological polar surface area (TPSA) is 96.7 Å². The zero-order valence-corrected chi connectivity index (χ0v) is 15.2. The van der Waals surface area contributed by atoms with E-state index in [1.54, 1.807) is 24.7 Å². The van der Waals surface area contributed by atoms with Gasteiger partial charge in [0.05, 0.1) is 12.1 Å². The molecule has 29 heavy (non-hydrogen) atoms. The normalized spacial score (nSPS) is 11.0. The molecule has 0 fully saturated rings. The van der Waals surface area contributed by atoms with E-state index in [-0.39, 0.29) is 13.0 Å². The van der Waals surface area contributed by atoms with Crippen LogP contribution in [0.2, 0.25) is 0 Å². The van der Waals surface area contributed by atoms with Crippen LogP contribution in [-0.4, -0.2) is 20.9 Å². The molecular formula is C21H17F2N5O. The fourth-order valence-electron chi connectivity index (χ4n) is 3.20. The van der Waals surface area contributed by atoms with Gasteiger partial charge in [0.25, 0.3) is 0 Å². The summed E-state index contributed by atoms with van der Waals surface area (Å²) in [6, 6.07) is 8.85. The van der Waals surface area contributed by atoms with Gasteiger partial charge in [0.2, 0.25) is 5.91 Å². The highest BCUT2D eigenvalue weighted by molar-refractivity contribution is 5.93. The number of H-pyrrole nitrogens is 1. The van der Waals surface area contributed by atoms with Crippen LogP contribution in [0.5, 0.6) is 0 Å². The maximum atomic E-state index is 13.5. The lowest BCUT2D eigenvalue weighted by Gasteiger charge is -2.13. The summed E-state index contributed by atoms with van der Waals surface area (Å²) in [5.41, 5.74) is 9.21.